The summed E-state index contributed by atoms with van der Waals surface area (Å²) in [7, 11) is 0. The van der Waals surface area contributed by atoms with Gasteiger partial charge in [-0.05, 0) is 24.5 Å². The first-order chi connectivity index (χ1) is 7.09. The highest BCUT2D eigenvalue weighted by molar-refractivity contribution is 6.30. The Morgan fingerprint density at radius 2 is 1.93 bits per heavy atom. The van der Waals surface area contributed by atoms with Crippen molar-refractivity contribution in [2.75, 3.05) is 0 Å². The van der Waals surface area contributed by atoms with Crippen molar-refractivity contribution in [1.29, 1.82) is 0 Å². The first kappa shape index (κ1) is 12.1. The van der Waals surface area contributed by atoms with Crippen LogP contribution < -0.4 is 4.74 Å². The van der Waals surface area contributed by atoms with E-state index in [4.69, 9.17) is 16.3 Å². The molecule has 1 rings (SSSR count). The van der Waals surface area contributed by atoms with E-state index in [0.29, 0.717) is 18.1 Å². The van der Waals surface area contributed by atoms with Crippen LogP contribution in [0.25, 0.3) is 0 Å². The highest BCUT2D eigenvalue weighted by atomic mass is 35.5. The van der Waals surface area contributed by atoms with Crippen LogP contribution in [0.2, 0.25) is 0 Å². The molecule has 0 N–H and O–H groups in total. The molecule has 0 amide bonds. The molecule has 0 aromatic heterocycles. The third kappa shape index (κ3) is 4.34. The quantitative estimate of drug-likeness (QED) is 0.448. The molecule has 0 aliphatic carbocycles. The highest BCUT2D eigenvalue weighted by Crippen LogP contribution is 2.15. The lowest BCUT2D eigenvalue weighted by molar-refractivity contribution is -0.134. The van der Waals surface area contributed by atoms with Crippen LogP contribution in [0.1, 0.15) is 20.3 Å². The molecule has 82 valence electrons. The normalized spacial score (nSPS) is 12.5. The average Bonchev–Trinajstić information content (AvgIpc) is 2.18. The molecule has 0 saturated carbocycles. The highest BCUT2D eigenvalue weighted by Gasteiger charge is 2.18. The Kier molecular flexibility index (Phi) is 4.63. The van der Waals surface area contributed by atoms with Crippen molar-refractivity contribution in [3.8, 4) is 5.75 Å². The van der Waals surface area contributed by atoms with E-state index in [0.717, 1.165) is 0 Å². The standard InChI is InChI=1S/C12H15ClO2/c1-9(2)8-11(13)12(14)15-10-6-4-3-5-7-10/h3-7,9,11H,8H2,1-2H3/t11-/m0/s1. The molecular weight excluding hydrogens is 212 g/mol. The van der Waals surface area contributed by atoms with Gasteiger partial charge in [0, 0.05) is 0 Å². The predicted molar refractivity (Wildman–Crippen MR) is 61.2 cm³/mol. The minimum Gasteiger partial charge on any atom is -0.425 e. The first-order valence-electron chi connectivity index (χ1n) is 5.00. The molecule has 0 unspecified atom stereocenters. The van der Waals surface area contributed by atoms with E-state index in [1.54, 1.807) is 12.1 Å². The maximum Gasteiger partial charge on any atom is 0.329 e. The number of rotatable bonds is 4. The fourth-order valence-electron chi connectivity index (χ4n) is 1.18. The third-order valence-corrected chi connectivity index (χ3v) is 2.25. The molecule has 3 heteroatoms. The van der Waals surface area contributed by atoms with Gasteiger partial charge in [0.25, 0.3) is 0 Å². The van der Waals surface area contributed by atoms with Gasteiger partial charge in [-0.25, -0.2) is 0 Å². The first-order valence-corrected chi connectivity index (χ1v) is 5.44. The minimum absolute atomic E-state index is 0.378. The summed E-state index contributed by atoms with van der Waals surface area (Å²) in [5.41, 5.74) is 0. The van der Waals surface area contributed by atoms with Gasteiger partial charge in [-0.2, -0.15) is 0 Å². The Morgan fingerprint density at radius 3 is 2.47 bits per heavy atom. The number of halogens is 1. The number of ether oxygens (including phenoxy) is 1. The van der Waals surface area contributed by atoms with Crippen LogP contribution in [-0.4, -0.2) is 11.3 Å². The summed E-state index contributed by atoms with van der Waals surface area (Å²) in [6.07, 6.45) is 0.632. The second kappa shape index (κ2) is 5.76. The topological polar surface area (TPSA) is 26.3 Å². The van der Waals surface area contributed by atoms with Crippen LogP contribution in [0.4, 0.5) is 0 Å². The second-order valence-corrected chi connectivity index (χ2v) is 4.36. The third-order valence-electron chi connectivity index (χ3n) is 1.90. The molecular formula is C12H15ClO2. The van der Waals surface area contributed by atoms with Crippen molar-refractivity contribution in [2.24, 2.45) is 5.92 Å². The molecule has 0 aliphatic rings. The van der Waals surface area contributed by atoms with Gasteiger partial charge in [0.15, 0.2) is 0 Å². The number of alkyl halides is 1. The Balaban J connectivity index is 2.49. The van der Waals surface area contributed by atoms with Gasteiger partial charge in [-0.3, -0.25) is 4.79 Å². The SMILES string of the molecule is CC(C)C[C@H](Cl)C(=O)Oc1ccccc1. The molecule has 15 heavy (non-hydrogen) atoms. The number of hydrogen-bond donors (Lipinski definition) is 0. The fraction of sp³-hybridized carbons (Fsp3) is 0.417. The molecule has 0 saturated heterocycles. The number of benzene rings is 1. The second-order valence-electron chi connectivity index (χ2n) is 3.83. The largest absolute Gasteiger partial charge is 0.425 e. The lowest BCUT2D eigenvalue weighted by Gasteiger charge is -2.11. The smallest absolute Gasteiger partial charge is 0.329 e. The van der Waals surface area contributed by atoms with Crippen LogP contribution in [0, 0.1) is 5.92 Å². The van der Waals surface area contributed by atoms with Crippen molar-refractivity contribution in [2.45, 2.75) is 25.6 Å². The number of hydrogen-bond acceptors (Lipinski definition) is 2. The summed E-state index contributed by atoms with van der Waals surface area (Å²) in [6.45, 7) is 4.04. The predicted octanol–water partition coefficient (Wildman–Crippen LogP) is 3.25. The molecule has 0 bridgehead atoms. The van der Waals surface area contributed by atoms with E-state index in [2.05, 4.69) is 0 Å². The van der Waals surface area contributed by atoms with Crippen LogP contribution in [-0.2, 0) is 4.79 Å². The Labute approximate surface area is 95.2 Å². The van der Waals surface area contributed by atoms with Gasteiger partial charge in [-0.15, -0.1) is 11.6 Å². The lowest BCUT2D eigenvalue weighted by Crippen LogP contribution is -2.22. The summed E-state index contributed by atoms with van der Waals surface area (Å²) >= 11 is 5.90. The summed E-state index contributed by atoms with van der Waals surface area (Å²) in [5, 5.41) is -0.565. The van der Waals surface area contributed by atoms with Gasteiger partial charge < -0.3 is 4.74 Å². The molecule has 1 aromatic carbocycles. The summed E-state index contributed by atoms with van der Waals surface area (Å²) < 4.78 is 5.11. The molecule has 0 spiro atoms. The van der Waals surface area contributed by atoms with Gasteiger partial charge in [-0.1, -0.05) is 32.0 Å². The van der Waals surface area contributed by atoms with Gasteiger partial charge in [0.2, 0.25) is 0 Å². The minimum atomic E-state index is -0.565. The van der Waals surface area contributed by atoms with Crippen molar-refractivity contribution in [1.82, 2.24) is 0 Å². The molecule has 1 aromatic rings. The molecule has 0 radical (unpaired) electrons. The van der Waals surface area contributed by atoms with Crippen molar-refractivity contribution >= 4 is 17.6 Å². The molecule has 2 nitrogen and oxygen atoms in total. The Morgan fingerprint density at radius 1 is 1.33 bits per heavy atom. The summed E-state index contributed by atoms with van der Waals surface area (Å²) in [6, 6.07) is 8.96. The van der Waals surface area contributed by atoms with Gasteiger partial charge in [0.05, 0.1) is 0 Å². The molecule has 0 heterocycles. The maximum atomic E-state index is 11.5. The monoisotopic (exact) mass is 226 g/mol. The van der Waals surface area contributed by atoms with E-state index < -0.39 is 5.38 Å². The zero-order chi connectivity index (χ0) is 11.3. The van der Waals surface area contributed by atoms with Crippen molar-refractivity contribution < 1.29 is 9.53 Å². The van der Waals surface area contributed by atoms with Crippen LogP contribution in [0.5, 0.6) is 5.75 Å². The van der Waals surface area contributed by atoms with Crippen molar-refractivity contribution in [3.05, 3.63) is 30.3 Å². The molecule has 0 fully saturated rings. The zero-order valence-corrected chi connectivity index (χ0v) is 9.70. The maximum absolute atomic E-state index is 11.5. The summed E-state index contributed by atoms with van der Waals surface area (Å²) in [4.78, 5) is 11.5. The van der Waals surface area contributed by atoms with Gasteiger partial charge in [0.1, 0.15) is 11.1 Å². The van der Waals surface area contributed by atoms with E-state index in [-0.39, 0.29) is 5.97 Å². The fourth-order valence-corrected chi connectivity index (χ4v) is 1.58. The van der Waals surface area contributed by atoms with Crippen LogP contribution >= 0.6 is 11.6 Å². The summed E-state index contributed by atoms with van der Waals surface area (Å²) in [5.74, 6) is 0.546. The Bertz CT molecular complexity index is 309. The zero-order valence-electron chi connectivity index (χ0n) is 8.94. The van der Waals surface area contributed by atoms with E-state index >= 15 is 0 Å². The number of carbonyl (C=O) groups is 1. The Hall–Kier alpha value is -1.02. The van der Waals surface area contributed by atoms with E-state index in [1.807, 2.05) is 32.0 Å². The van der Waals surface area contributed by atoms with E-state index in [9.17, 15) is 4.79 Å². The average molecular weight is 227 g/mol. The van der Waals surface area contributed by atoms with Crippen LogP contribution in [0.15, 0.2) is 30.3 Å². The van der Waals surface area contributed by atoms with Crippen LogP contribution in [0.3, 0.4) is 0 Å². The van der Waals surface area contributed by atoms with E-state index in [1.165, 1.54) is 0 Å². The van der Waals surface area contributed by atoms with Crippen molar-refractivity contribution in [3.63, 3.8) is 0 Å². The lowest BCUT2D eigenvalue weighted by atomic mass is 10.1. The molecule has 1 atom stereocenters. The number of carbonyl (C=O) groups excluding carboxylic acids is 1. The van der Waals surface area contributed by atoms with Gasteiger partial charge >= 0.3 is 5.97 Å². The number of esters is 1. The number of para-hydroxylation sites is 1. The molecule has 0 aliphatic heterocycles.